The third-order valence-electron chi connectivity index (χ3n) is 3.64. The molecule has 0 spiro atoms. The minimum absolute atomic E-state index is 0.255. The first kappa shape index (κ1) is 16.5. The predicted octanol–water partition coefficient (Wildman–Crippen LogP) is 5.62. The summed E-state index contributed by atoms with van der Waals surface area (Å²) in [5.74, 6) is -0.255. The Morgan fingerprint density at radius 1 is 1.00 bits per heavy atom. The number of pyridine rings is 1. The van der Waals surface area contributed by atoms with Crippen molar-refractivity contribution < 1.29 is 4.79 Å². The van der Waals surface area contributed by atoms with Gasteiger partial charge in [-0.05, 0) is 42.3 Å². The summed E-state index contributed by atoms with van der Waals surface area (Å²) in [4.78, 5) is 16.7. The van der Waals surface area contributed by atoms with Crippen LogP contribution in [0, 0.1) is 6.92 Å². The molecule has 1 aromatic heterocycles. The molecule has 0 saturated heterocycles. The number of hydrogen-bond acceptors (Lipinski definition) is 2. The number of halogens is 2. The van der Waals surface area contributed by atoms with Gasteiger partial charge in [-0.3, -0.25) is 9.78 Å². The highest BCUT2D eigenvalue weighted by Crippen LogP contribution is 2.26. The zero-order valence-electron chi connectivity index (χ0n) is 12.9. The van der Waals surface area contributed by atoms with Crippen molar-refractivity contribution in [2.75, 3.05) is 5.32 Å². The molecular formula is C19H14Cl2N2O. The number of anilines is 1. The largest absolute Gasteiger partial charge is 0.320 e. The normalized spacial score (nSPS) is 10.5. The van der Waals surface area contributed by atoms with Gasteiger partial charge in [0.25, 0.3) is 5.91 Å². The van der Waals surface area contributed by atoms with E-state index in [9.17, 15) is 4.79 Å². The third kappa shape index (κ3) is 3.58. The van der Waals surface area contributed by atoms with Gasteiger partial charge in [0.1, 0.15) is 0 Å². The zero-order chi connectivity index (χ0) is 17.1. The highest BCUT2D eigenvalue weighted by atomic mass is 35.5. The molecule has 0 unspecified atom stereocenters. The van der Waals surface area contributed by atoms with Crippen molar-refractivity contribution in [3.8, 4) is 11.1 Å². The Balaban J connectivity index is 1.88. The lowest BCUT2D eigenvalue weighted by Crippen LogP contribution is -2.13. The minimum Gasteiger partial charge on any atom is -0.320 e. The Bertz CT molecular complexity index is 872. The van der Waals surface area contributed by atoms with Gasteiger partial charge >= 0.3 is 0 Å². The molecule has 5 heteroatoms. The van der Waals surface area contributed by atoms with Crippen LogP contribution in [0.25, 0.3) is 11.1 Å². The molecule has 0 aliphatic carbocycles. The van der Waals surface area contributed by atoms with Crippen LogP contribution in [0.2, 0.25) is 10.0 Å². The topological polar surface area (TPSA) is 42.0 Å². The summed E-state index contributed by atoms with van der Waals surface area (Å²) in [6.07, 6.45) is 3.24. The van der Waals surface area contributed by atoms with Crippen LogP contribution < -0.4 is 5.32 Å². The second-order valence-corrected chi connectivity index (χ2v) is 6.20. The van der Waals surface area contributed by atoms with Gasteiger partial charge in [0.05, 0.1) is 16.3 Å². The van der Waals surface area contributed by atoms with E-state index in [-0.39, 0.29) is 5.91 Å². The molecule has 0 aliphatic heterocycles. The van der Waals surface area contributed by atoms with E-state index >= 15 is 0 Å². The van der Waals surface area contributed by atoms with Crippen LogP contribution in [0.5, 0.6) is 0 Å². The van der Waals surface area contributed by atoms with E-state index in [1.807, 2.05) is 31.2 Å². The number of hydrogen-bond donors (Lipinski definition) is 1. The molecule has 2 aromatic carbocycles. The van der Waals surface area contributed by atoms with E-state index in [1.54, 1.807) is 30.5 Å². The Hall–Kier alpha value is -2.36. The fourth-order valence-electron chi connectivity index (χ4n) is 2.34. The second-order valence-electron chi connectivity index (χ2n) is 5.36. The van der Waals surface area contributed by atoms with E-state index in [0.717, 1.165) is 16.7 Å². The molecular weight excluding hydrogens is 343 g/mol. The molecule has 0 fully saturated rings. The number of benzene rings is 2. The third-order valence-corrected chi connectivity index (χ3v) is 4.21. The van der Waals surface area contributed by atoms with Gasteiger partial charge in [-0.25, -0.2) is 0 Å². The number of nitrogens with zero attached hydrogens (tertiary/aromatic N) is 1. The van der Waals surface area contributed by atoms with Crippen LogP contribution in [-0.2, 0) is 0 Å². The molecule has 0 bridgehead atoms. The molecule has 3 aromatic rings. The van der Waals surface area contributed by atoms with Gasteiger partial charge in [0, 0.05) is 23.0 Å². The van der Waals surface area contributed by atoms with Gasteiger partial charge in [-0.1, -0.05) is 47.5 Å². The average Bonchev–Trinajstić information content (AvgIpc) is 2.59. The number of amides is 1. The van der Waals surface area contributed by atoms with Crippen LogP contribution in [-0.4, -0.2) is 10.9 Å². The van der Waals surface area contributed by atoms with Gasteiger partial charge in [0.2, 0.25) is 0 Å². The number of aromatic nitrogens is 1. The van der Waals surface area contributed by atoms with Crippen molar-refractivity contribution in [1.29, 1.82) is 0 Å². The maximum Gasteiger partial charge on any atom is 0.257 e. The van der Waals surface area contributed by atoms with Gasteiger partial charge < -0.3 is 5.32 Å². The summed E-state index contributed by atoms with van der Waals surface area (Å²) in [5.41, 5.74) is 3.76. The number of carbonyl (C=O) groups is 1. The lowest BCUT2D eigenvalue weighted by atomic mass is 10.1. The van der Waals surface area contributed by atoms with E-state index in [2.05, 4.69) is 10.3 Å². The van der Waals surface area contributed by atoms with Crippen LogP contribution in [0.4, 0.5) is 5.69 Å². The minimum atomic E-state index is -0.255. The van der Waals surface area contributed by atoms with Crippen LogP contribution in [0.15, 0.2) is 60.9 Å². The number of aryl methyl sites for hydroxylation is 1. The number of rotatable bonds is 3. The van der Waals surface area contributed by atoms with Crippen molar-refractivity contribution in [3.63, 3.8) is 0 Å². The van der Waals surface area contributed by atoms with Gasteiger partial charge in [-0.15, -0.1) is 0 Å². The highest BCUT2D eigenvalue weighted by Gasteiger charge is 2.12. The standard InChI is InChI=1S/C19H14Cl2N2O/c1-12-3-2-4-17(21)18(12)23-19(24)15-9-14(10-22-11-15)13-5-7-16(20)8-6-13/h2-11H,1H3,(H,23,24). The van der Waals surface area contributed by atoms with Gasteiger partial charge in [0.15, 0.2) is 0 Å². The molecule has 1 N–H and O–H groups in total. The number of nitrogens with one attached hydrogen (secondary N) is 1. The summed E-state index contributed by atoms with van der Waals surface area (Å²) in [7, 11) is 0. The summed E-state index contributed by atoms with van der Waals surface area (Å²) in [6, 6.07) is 14.6. The van der Waals surface area contributed by atoms with E-state index in [1.165, 1.54) is 6.20 Å². The summed E-state index contributed by atoms with van der Waals surface area (Å²) < 4.78 is 0. The second kappa shape index (κ2) is 7.04. The lowest BCUT2D eigenvalue weighted by Gasteiger charge is -2.11. The summed E-state index contributed by atoms with van der Waals surface area (Å²) in [5, 5.41) is 4.02. The first-order valence-corrected chi connectivity index (χ1v) is 8.07. The Labute approximate surface area is 150 Å². The Kier molecular flexibility index (Phi) is 4.84. The molecule has 1 amide bonds. The fraction of sp³-hybridized carbons (Fsp3) is 0.0526. The van der Waals surface area contributed by atoms with Crippen molar-refractivity contribution in [2.45, 2.75) is 6.92 Å². The maximum absolute atomic E-state index is 12.5. The molecule has 120 valence electrons. The van der Waals surface area contributed by atoms with E-state index < -0.39 is 0 Å². The molecule has 0 saturated carbocycles. The monoisotopic (exact) mass is 356 g/mol. The average molecular weight is 357 g/mol. The summed E-state index contributed by atoms with van der Waals surface area (Å²) in [6.45, 7) is 1.89. The fourth-order valence-corrected chi connectivity index (χ4v) is 2.74. The summed E-state index contributed by atoms with van der Waals surface area (Å²) >= 11 is 12.1. The molecule has 1 heterocycles. The molecule has 0 radical (unpaired) electrons. The maximum atomic E-state index is 12.5. The molecule has 3 nitrogen and oxygen atoms in total. The van der Waals surface area contributed by atoms with Crippen LogP contribution in [0.3, 0.4) is 0 Å². The molecule has 3 rings (SSSR count). The first-order chi connectivity index (χ1) is 11.5. The van der Waals surface area contributed by atoms with E-state index in [4.69, 9.17) is 23.2 Å². The molecule has 24 heavy (non-hydrogen) atoms. The quantitative estimate of drug-likeness (QED) is 0.661. The predicted molar refractivity (Wildman–Crippen MR) is 98.8 cm³/mol. The first-order valence-electron chi connectivity index (χ1n) is 7.32. The molecule has 0 aliphatic rings. The van der Waals surface area contributed by atoms with Crippen LogP contribution in [0.1, 0.15) is 15.9 Å². The highest BCUT2D eigenvalue weighted by molar-refractivity contribution is 6.34. The SMILES string of the molecule is Cc1cccc(Cl)c1NC(=O)c1cncc(-c2ccc(Cl)cc2)c1. The van der Waals surface area contributed by atoms with Crippen LogP contribution >= 0.6 is 23.2 Å². The van der Waals surface area contributed by atoms with Crippen molar-refractivity contribution in [3.05, 3.63) is 82.1 Å². The number of carbonyl (C=O) groups excluding carboxylic acids is 1. The van der Waals surface area contributed by atoms with Crippen molar-refractivity contribution in [2.24, 2.45) is 0 Å². The molecule has 0 atom stereocenters. The van der Waals surface area contributed by atoms with Crippen molar-refractivity contribution >= 4 is 34.8 Å². The lowest BCUT2D eigenvalue weighted by molar-refractivity contribution is 0.102. The van der Waals surface area contributed by atoms with Crippen molar-refractivity contribution in [1.82, 2.24) is 4.98 Å². The zero-order valence-corrected chi connectivity index (χ0v) is 14.4. The van der Waals surface area contributed by atoms with Gasteiger partial charge in [-0.2, -0.15) is 0 Å². The smallest absolute Gasteiger partial charge is 0.257 e. The van der Waals surface area contributed by atoms with E-state index in [0.29, 0.717) is 21.3 Å². The Morgan fingerprint density at radius 3 is 2.46 bits per heavy atom. The Morgan fingerprint density at radius 2 is 1.75 bits per heavy atom. The number of para-hydroxylation sites is 1.